The van der Waals surface area contributed by atoms with E-state index in [0.717, 1.165) is 6.07 Å². The summed E-state index contributed by atoms with van der Waals surface area (Å²) >= 11 is 3.19. The Labute approximate surface area is 112 Å². The average Bonchev–Trinajstić information content (AvgIpc) is 2.27. The molecule has 0 unspecified atom stereocenters. The second-order valence-corrected chi connectivity index (χ2v) is 5.32. The lowest BCUT2D eigenvalue weighted by molar-refractivity contribution is -0.137. The summed E-state index contributed by atoms with van der Waals surface area (Å²) in [6, 6.07) is 3.91. The molecule has 1 atom stereocenters. The molecule has 0 radical (unpaired) electrons. The minimum atomic E-state index is -4.38. The molecule has 1 aliphatic rings. The molecule has 0 amide bonds. The Morgan fingerprint density at radius 2 is 2.06 bits per heavy atom. The molecule has 18 heavy (non-hydrogen) atoms. The van der Waals surface area contributed by atoms with Crippen molar-refractivity contribution >= 4 is 21.6 Å². The van der Waals surface area contributed by atoms with Gasteiger partial charge in [0.1, 0.15) is 0 Å². The SMILES string of the molecule is O[C@H]1CCCN(c2cc(Br)ccc2C(F)(F)F)C1. The third-order valence-corrected chi connectivity index (χ3v) is 3.50. The van der Waals surface area contributed by atoms with Gasteiger partial charge in [-0.1, -0.05) is 15.9 Å². The van der Waals surface area contributed by atoms with Crippen LogP contribution in [0.4, 0.5) is 18.9 Å². The highest BCUT2D eigenvalue weighted by molar-refractivity contribution is 9.10. The van der Waals surface area contributed by atoms with E-state index in [4.69, 9.17) is 0 Å². The summed E-state index contributed by atoms with van der Waals surface area (Å²) in [7, 11) is 0. The normalized spacial score (nSPS) is 21.2. The minimum Gasteiger partial charge on any atom is -0.391 e. The van der Waals surface area contributed by atoms with E-state index in [1.807, 2.05) is 0 Å². The maximum absolute atomic E-state index is 12.9. The number of nitrogens with zero attached hydrogens (tertiary/aromatic N) is 1. The van der Waals surface area contributed by atoms with Crippen molar-refractivity contribution < 1.29 is 18.3 Å². The highest BCUT2D eigenvalue weighted by Crippen LogP contribution is 2.38. The Balaban J connectivity index is 2.38. The Bertz CT molecular complexity index is 436. The van der Waals surface area contributed by atoms with Gasteiger partial charge in [-0.2, -0.15) is 13.2 Å². The molecule has 0 aliphatic carbocycles. The molecule has 0 bridgehead atoms. The topological polar surface area (TPSA) is 23.5 Å². The average molecular weight is 324 g/mol. The number of anilines is 1. The molecule has 0 saturated carbocycles. The van der Waals surface area contributed by atoms with Gasteiger partial charge < -0.3 is 10.0 Å². The van der Waals surface area contributed by atoms with Crippen molar-refractivity contribution in [3.05, 3.63) is 28.2 Å². The quantitative estimate of drug-likeness (QED) is 0.856. The zero-order chi connectivity index (χ0) is 13.3. The number of alkyl halides is 3. The van der Waals surface area contributed by atoms with E-state index >= 15 is 0 Å². The molecule has 0 spiro atoms. The van der Waals surface area contributed by atoms with E-state index in [9.17, 15) is 18.3 Å². The zero-order valence-corrected chi connectivity index (χ0v) is 11.1. The number of rotatable bonds is 1. The molecule has 1 fully saturated rings. The van der Waals surface area contributed by atoms with Crippen LogP contribution in [-0.2, 0) is 6.18 Å². The van der Waals surface area contributed by atoms with E-state index in [2.05, 4.69) is 15.9 Å². The maximum Gasteiger partial charge on any atom is 0.418 e. The van der Waals surface area contributed by atoms with Crippen LogP contribution in [0, 0.1) is 0 Å². The lowest BCUT2D eigenvalue weighted by atomic mass is 10.1. The lowest BCUT2D eigenvalue weighted by Crippen LogP contribution is -2.39. The third kappa shape index (κ3) is 2.98. The first kappa shape index (κ1) is 13.7. The Morgan fingerprint density at radius 3 is 2.67 bits per heavy atom. The molecular formula is C12H13BrF3NO. The van der Waals surface area contributed by atoms with E-state index in [0.29, 0.717) is 23.9 Å². The van der Waals surface area contributed by atoms with Gasteiger partial charge in [-0.3, -0.25) is 0 Å². The maximum atomic E-state index is 12.9. The van der Waals surface area contributed by atoms with Crippen molar-refractivity contribution in [1.29, 1.82) is 0 Å². The van der Waals surface area contributed by atoms with Crippen molar-refractivity contribution in [2.75, 3.05) is 18.0 Å². The second-order valence-electron chi connectivity index (χ2n) is 4.40. The number of hydrogen-bond acceptors (Lipinski definition) is 2. The van der Waals surface area contributed by atoms with E-state index in [1.54, 1.807) is 4.90 Å². The first-order valence-electron chi connectivity index (χ1n) is 5.67. The number of benzene rings is 1. The number of aliphatic hydroxyl groups excluding tert-OH is 1. The van der Waals surface area contributed by atoms with Crippen molar-refractivity contribution in [1.82, 2.24) is 0 Å². The fourth-order valence-corrected chi connectivity index (χ4v) is 2.53. The molecule has 2 nitrogen and oxygen atoms in total. The number of hydrogen-bond donors (Lipinski definition) is 1. The van der Waals surface area contributed by atoms with Crippen LogP contribution in [0.2, 0.25) is 0 Å². The van der Waals surface area contributed by atoms with Crippen LogP contribution in [0.3, 0.4) is 0 Å². The summed E-state index contributed by atoms with van der Waals surface area (Å²) in [5.74, 6) is 0. The van der Waals surface area contributed by atoms with Gasteiger partial charge in [-0.25, -0.2) is 0 Å². The highest BCUT2D eigenvalue weighted by atomic mass is 79.9. The molecule has 0 aromatic heterocycles. The molecule has 1 aromatic carbocycles. The summed E-state index contributed by atoms with van der Waals surface area (Å²) in [6.45, 7) is 0.788. The molecule has 1 heterocycles. The first-order valence-corrected chi connectivity index (χ1v) is 6.47. The van der Waals surface area contributed by atoms with Crippen molar-refractivity contribution in [2.45, 2.75) is 25.1 Å². The summed E-state index contributed by atoms with van der Waals surface area (Å²) in [5, 5.41) is 9.57. The van der Waals surface area contributed by atoms with Crippen LogP contribution in [-0.4, -0.2) is 24.3 Å². The standard InChI is InChI=1S/C12H13BrF3NO/c13-8-3-4-10(12(14,15)16)11(6-8)17-5-1-2-9(18)7-17/h3-4,6,9,18H,1-2,5,7H2/t9-/m0/s1. The van der Waals surface area contributed by atoms with Crippen molar-refractivity contribution in [3.63, 3.8) is 0 Å². The van der Waals surface area contributed by atoms with Crippen LogP contribution in [0.5, 0.6) is 0 Å². The van der Waals surface area contributed by atoms with Crippen LogP contribution in [0.1, 0.15) is 18.4 Å². The molecule has 1 N–H and O–H groups in total. The van der Waals surface area contributed by atoms with Gasteiger partial charge in [0.25, 0.3) is 0 Å². The monoisotopic (exact) mass is 323 g/mol. The summed E-state index contributed by atoms with van der Waals surface area (Å²) in [4.78, 5) is 1.60. The number of aliphatic hydroxyl groups is 1. The predicted molar refractivity (Wildman–Crippen MR) is 66.6 cm³/mol. The number of piperidine rings is 1. The minimum absolute atomic E-state index is 0.135. The van der Waals surface area contributed by atoms with Gasteiger partial charge in [-0.15, -0.1) is 0 Å². The fourth-order valence-electron chi connectivity index (χ4n) is 2.18. The molecule has 2 rings (SSSR count). The number of β-amino-alcohol motifs (C(OH)–C–C–N with tert-alkyl or cyclic N) is 1. The van der Waals surface area contributed by atoms with Gasteiger partial charge in [0.2, 0.25) is 0 Å². The molecular weight excluding hydrogens is 311 g/mol. The van der Waals surface area contributed by atoms with Crippen LogP contribution >= 0.6 is 15.9 Å². The van der Waals surface area contributed by atoms with Gasteiger partial charge in [0.05, 0.1) is 17.4 Å². The third-order valence-electron chi connectivity index (χ3n) is 3.00. The number of halogens is 4. The van der Waals surface area contributed by atoms with Gasteiger partial charge in [0, 0.05) is 17.6 Å². The van der Waals surface area contributed by atoms with Gasteiger partial charge in [-0.05, 0) is 31.0 Å². The van der Waals surface area contributed by atoms with Crippen LogP contribution in [0.15, 0.2) is 22.7 Å². The first-order chi connectivity index (χ1) is 8.38. The summed E-state index contributed by atoms with van der Waals surface area (Å²) < 4.78 is 39.4. The Morgan fingerprint density at radius 1 is 1.33 bits per heavy atom. The molecule has 1 aromatic rings. The summed E-state index contributed by atoms with van der Waals surface area (Å²) in [6.07, 6.45) is -3.59. The molecule has 100 valence electrons. The smallest absolute Gasteiger partial charge is 0.391 e. The van der Waals surface area contributed by atoms with Gasteiger partial charge in [0.15, 0.2) is 0 Å². The predicted octanol–water partition coefficient (Wildman–Crippen LogP) is 3.43. The molecule has 6 heteroatoms. The highest BCUT2D eigenvalue weighted by Gasteiger charge is 2.35. The second kappa shape index (κ2) is 5.09. The molecule has 1 aliphatic heterocycles. The van der Waals surface area contributed by atoms with E-state index in [-0.39, 0.29) is 12.2 Å². The van der Waals surface area contributed by atoms with Gasteiger partial charge >= 0.3 is 6.18 Å². The molecule has 1 saturated heterocycles. The van der Waals surface area contributed by atoms with Crippen LogP contribution < -0.4 is 4.90 Å². The Kier molecular flexibility index (Phi) is 3.87. The van der Waals surface area contributed by atoms with E-state index < -0.39 is 17.8 Å². The van der Waals surface area contributed by atoms with Crippen molar-refractivity contribution in [2.24, 2.45) is 0 Å². The largest absolute Gasteiger partial charge is 0.418 e. The van der Waals surface area contributed by atoms with Crippen molar-refractivity contribution in [3.8, 4) is 0 Å². The van der Waals surface area contributed by atoms with E-state index in [1.165, 1.54) is 12.1 Å². The van der Waals surface area contributed by atoms with Crippen LogP contribution in [0.25, 0.3) is 0 Å². The zero-order valence-electron chi connectivity index (χ0n) is 9.54. The fraction of sp³-hybridized carbons (Fsp3) is 0.500. The summed E-state index contributed by atoms with van der Waals surface area (Å²) in [5.41, 5.74) is -0.518. The lowest BCUT2D eigenvalue weighted by Gasteiger charge is -2.33. The Hall–Kier alpha value is -0.750.